The van der Waals surface area contributed by atoms with Crippen LogP contribution in [0.15, 0.2) is 53.0 Å². The van der Waals surface area contributed by atoms with Gasteiger partial charge in [-0.2, -0.15) is 0 Å². The highest BCUT2D eigenvalue weighted by Gasteiger charge is 2.28. The van der Waals surface area contributed by atoms with Gasteiger partial charge in [-0.05, 0) is 71.3 Å². The van der Waals surface area contributed by atoms with Crippen molar-refractivity contribution in [2.45, 2.75) is 70.9 Å². The maximum Gasteiger partial charge on any atom is 0.261 e. The maximum absolute atomic E-state index is 13.2. The molecule has 1 fully saturated rings. The van der Waals surface area contributed by atoms with Gasteiger partial charge in [0.15, 0.2) is 6.61 Å². The largest absolute Gasteiger partial charge is 0.483 e. The van der Waals surface area contributed by atoms with E-state index in [0.29, 0.717) is 24.6 Å². The highest BCUT2D eigenvalue weighted by molar-refractivity contribution is 9.10. The van der Waals surface area contributed by atoms with Gasteiger partial charge in [0.2, 0.25) is 5.91 Å². The van der Waals surface area contributed by atoms with Crippen molar-refractivity contribution in [3.05, 3.63) is 64.1 Å². The molecule has 0 aliphatic heterocycles. The third kappa shape index (κ3) is 7.32. The van der Waals surface area contributed by atoms with Crippen LogP contribution in [0.25, 0.3) is 0 Å². The third-order valence-electron chi connectivity index (χ3n) is 6.33. The first kappa shape index (κ1) is 25.3. The fourth-order valence-electron chi connectivity index (χ4n) is 4.18. The van der Waals surface area contributed by atoms with Gasteiger partial charge in [-0.15, -0.1) is 0 Å². The monoisotopic (exact) mass is 514 g/mol. The van der Waals surface area contributed by atoms with Gasteiger partial charge in [-0.25, -0.2) is 0 Å². The predicted octanol–water partition coefficient (Wildman–Crippen LogP) is 5.47. The molecule has 1 N–H and O–H groups in total. The first-order valence-electron chi connectivity index (χ1n) is 11.9. The second-order valence-corrected chi connectivity index (χ2v) is 9.98. The Morgan fingerprint density at radius 2 is 1.79 bits per heavy atom. The Hall–Kier alpha value is -2.34. The van der Waals surface area contributed by atoms with Gasteiger partial charge in [-0.1, -0.05) is 63.1 Å². The van der Waals surface area contributed by atoms with Crippen molar-refractivity contribution < 1.29 is 14.3 Å². The van der Waals surface area contributed by atoms with E-state index in [0.717, 1.165) is 35.7 Å². The normalized spacial score (nSPS) is 14.8. The molecule has 0 bridgehead atoms. The number of nitrogens with one attached hydrogen (secondary N) is 1. The number of hydrogen-bond donors (Lipinski definition) is 1. The lowest BCUT2D eigenvalue weighted by atomic mass is 10.0. The van der Waals surface area contributed by atoms with Crippen molar-refractivity contribution >= 4 is 27.7 Å². The molecule has 0 aromatic heterocycles. The first-order valence-corrected chi connectivity index (χ1v) is 12.7. The Morgan fingerprint density at radius 1 is 1.09 bits per heavy atom. The van der Waals surface area contributed by atoms with Gasteiger partial charge >= 0.3 is 0 Å². The summed E-state index contributed by atoms with van der Waals surface area (Å²) in [7, 11) is 0. The smallest absolute Gasteiger partial charge is 0.261 e. The number of hydrogen-bond acceptors (Lipinski definition) is 3. The molecule has 1 aliphatic carbocycles. The second kappa shape index (κ2) is 12.2. The predicted molar refractivity (Wildman–Crippen MR) is 135 cm³/mol. The number of carbonyl (C=O) groups excluding carboxylic acids is 2. The lowest BCUT2D eigenvalue weighted by Crippen LogP contribution is -2.51. The summed E-state index contributed by atoms with van der Waals surface area (Å²) in [6.45, 7) is 6.41. The zero-order chi connectivity index (χ0) is 23.8. The van der Waals surface area contributed by atoms with Crippen LogP contribution in [0.4, 0.5) is 0 Å². The van der Waals surface area contributed by atoms with E-state index in [1.165, 1.54) is 5.56 Å². The van der Waals surface area contributed by atoms with Gasteiger partial charge in [0.25, 0.3) is 5.91 Å². The van der Waals surface area contributed by atoms with E-state index in [9.17, 15) is 9.59 Å². The summed E-state index contributed by atoms with van der Waals surface area (Å²) in [5, 5.41) is 3.13. The molecule has 6 heteroatoms. The zero-order valence-electron chi connectivity index (χ0n) is 19.9. The van der Waals surface area contributed by atoms with E-state index in [2.05, 4.69) is 35.1 Å². The quantitative estimate of drug-likeness (QED) is 0.457. The molecule has 0 unspecified atom stereocenters. The molecule has 0 spiro atoms. The van der Waals surface area contributed by atoms with E-state index >= 15 is 0 Å². The average Bonchev–Trinajstić information content (AvgIpc) is 3.31. The average molecular weight is 515 g/mol. The maximum atomic E-state index is 13.2. The molecule has 0 heterocycles. The summed E-state index contributed by atoms with van der Waals surface area (Å²) < 4.78 is 6.68. The molecule has 2 amide bonds. The van der Waals surface area contributed by atoms with Crippen LogP contribution >= 0.6 is 15.9 Å². The number of nitrogens with zero attached hydrogens (tertiary/aromatic N) is 1. The molecule has 0 radical (unpaired) electrons. The van der Waals surface area contributed by atoms with Crippen molar-refractivity contribution in [3.8, 4) is 5.75 Å². The third-order valence-corrected chi connectivity index (χ3v) is 6.95. The van der Waals surface area contributed by atoms with Crippen LogP contribution < -0.4 is 10.1 Å². The number of halogens is 1. The Kier molecular flexibility index (Phi) is 9.36. The van der Waals surface area contributed by atoms with Crippen LogP contribution in [-0.4, -0.2) is 41.9 Å². The second-order valence-electron chi connectivity index (χ2n) is 9.12. The topological polar surface area (TPSA) is 58.6 Å². The van der Waals surface area contributed by atoms with E-state index < -0.39 is 6.04 Å². The van der Waals surface area contributed by atoms with Gasteiger partial charge in [0, 0.05) is 12.6 Å². The number of amides is 2. The molecule has 1 aliphatic rings. The van der Waals surface area contributed by atoms with E-state index in [1.54, 1.807) is 11.8 Å². The van der Waals surface area contributed by atoms with Gasteiger partial charge in [-0.3, -0.25) is 9.59 Å². The number of benzene rings is 2. The van der Waals surface area contributed by atoms with Crippen LogP contribution in [0, 0.1) is 0 Å². The number of rotatable bonds is 10. The van der Waals surface area contributed by atoms with Crippen molar-refractivity contribution in [3.63, 3.8) is 0 Å². The Morgan fingerprint density at radius 3 is 2.42 bits per heavy atom. The highest BCUT2D eigenvalue weighted by atomic mass is 79.9. The van der Waals surface area contributed by atoms with Crippen molar-refractivity contribution in [2.24, 2.45) is 0 Å². The Bertz CT molecular complexity index is 926. The van der Waals surface area contributed by atoms with Gasteiger partial charge in [0.05, 0.1) is 4.47 Å². The minimum absolute atomic E-state index is 0.0919. The SMILES string of the molecule is CC(C)c1ccc(OCC(=O)N(CCc2ccccc2)[C@H](C)C(=O)NC2CCCC2)c(Br)c1. The van der Waals surface area contributed by atoms with Crippen molar-refractivity contribution in [2.75, 3.05) is 13.2 Å². The number of ether oxygens (including phenoxy) is 1. The van der Waals surface area contributed by atoms with Crippen molar-refractivity contribution in [1.82, 2.24) is 10.2 Å². The molecule has 1 atom stereocenters. The Labute approximate surface area is 206 Å². The van der Waals surface area contributed by atoms with Crippen LogP contribution in [-0.2, 0) is 16.0 Å². The summed E-state index contributed by atoms with van der Waals surface area (Å²) in [5.74, 6) is 0.745. The minimum Gasteiger partial charge on any atom is -0.483 e. The fourth-order valence-corrected chi connectivity index (χ4v) is 4.69. The summed E-state index contributed by atoms with van der Waals surface area (Å²) in [6, 6.07) is 15.6. The molecular formula is C27H35BrN2O3. The molecular weight excluding hydrogens is 480 g/mol. The summed E-state index contributed by atoms with van der Waals surface area (Å²) >= 11 is 3.55. The molecule has 3 rings (SSSR count). The van der Waals surface area contributed by atoms with Crippen molar-refractivity contribution in [1.29, 1.82) is 0 Å². The molecule has 2 aromatic carbocycles. The zero-order valence-corrected chi connectivity index (χ0v) is 21.4. The highest BCUT2D eigenvalue weighted by Crippen LogP contribution is 2.29. The van der Waals surface area contributed by atoms with Gasteiger partial charge < -0.3 is 15.0 Å². The van der Waals surface area contributed by atoms with Gasteiger partial charge in [0.1, 0.15) is 11.8 Å². The minimum atomic E-state index is -0.558. The molecule has 33 heavy (non-hydrogen) atoms. The Balaban J connectivity index is 1.67. The summed E-state index contributed by atoms with van der Waals surface area (Å²) in [5.41, 5.74) is 2.33. The molecule has 2 aromatic rings. The molecule has 178 valence electrons. The molecule has 0 saturated heterocycles. The van der Waals surface area contributed by atoms with Crippen LogP contribution in [0.5, 0.6) is 5.75 Å². The standard InChI is InChI=1S/C27H35BrN2O3/c1-19(2)22-13-14-25(24(28)17-22)33-18-26(31)30(16-15-21-9-5-4-6-10-21)20(3)27(32)29-23-11-7-8-12-23/h4-6,9-10,13-14,17,19-20,23H,7-8,11-12,15-16,18H2,1-3H3,(H,29,32)/t20-/m1/s1. The molecule has 5 nitrogen and oxygen atoms in total. The fraction of sp³-hybridized carbons (Fsp3) is 0.481. The van der Waals surface area contributed by atoms with E-state index in [-0.39, 0.29) is 24.5 Å². The van der Waals surface area contributed by atoms with Crippen LogP contribution in [0.2, 0.25) is 0 Å². The first-order chi connectivity index (χ1) is 15.8. The summed E-state index contributed by atoms with van der Waals surface area (Å²) in [4.78, 5) is 27.8. The molecule has 1 saturated carbocycles. The lowest BCUT2D eigenvalue weighted by molar-refractivity contribution is -0.141. The summed E-state index contributed by atoms with van der Waals surface area (Å²) in [6.07, 6.45) is 5.00. The number of carbonyl (C=O) groups is 2. The lowest BCUT2D eigenvalue weighted by Gasteiger charge is -2.29. The van der Waals surface area contributed by atoms with Crippen LogP contribution in [0.3, 0.4) is 0 Å². The van der Waals surface area contributed by atoms with Crippen LogP contribution in [0.1, 0.15) is 63.5 Å². The van der Waals surface area contributed by atoms with E-state index in [1.807, 2.05) is 48.5 Å². The van der Waals surface area contributed by atoms with E-state index in [4.69, 9.17) is 4.74 Å².